The van der Waals surface area contributed by atoms with E-state index < -0.39 is 5.91 Å². The fourth-order valence-electron chi connectivity index (χ4n) is 2.97. The van der Waals surface area contributed by atoms with E-state index in [0.717, 1.165) is 21.0 Å². The summed E-state index contributed by atoms with van der Waals surface area (Å²) in [6.45, 7) is 0.413. The third-order valence-electron chi connectivity index (χ3n) is 4.51. The molecule has 0 aliphatic rings. The van der Waals surface area contributed by atoms with Crippen molar-refractivity contribution in [2.75, 3.05) is 7.11 Å². The van der Waals surface area contributed by atoms with Crippen LogP contribution in [-0.2, 0) is 6.61 Å². The Labute approximate surface area is 187 Å². The zero-order valence-corrected chi connectivity index (χ0v) is 18.3. The van der Waals surface area contributed by atoms with Crippen LogP contribution in [0.2, 0.25) is 0 Å². The predicted molar refractivity (Wildman–Crippen MR) is 123 cm³/mol. The van der Waals surface area contributed by atoms with Crippen LogP contribution in [-0.4, -0.2) is 19.2 Å². The Kier molecular flexibility index (Phi) is 6.33. The Hall–Kier alpha value is -3.58. The second-order valence-electron chi connectivity index (χ2n) is 6.68. The van der Waals surface area contributed by atoms with E-state index in [-0.39, 0.29) is 5.76 Å². The first-order valence-corrected chi connectivity index (χ1v) is 10.3. The number of benzene rings is 3. The maximum absolute atomic E-state index is 12.3. The molecule has 3 aromatic carbocycles. The van der Waals surface area contributed by atoms with Crippen LogP contribution in [0.1, 0.15) is 21.7 Å². The van der Waals surface area contributed by atoms with Gasteiger partial charge in [0.05, 0.1) is 13.3 Å². The number of ether oxygens (including phenoxy) is 2. The highest BCUT2D eigenvalue weighted by Crippen LogP contribution is 2.28. The number of hydrogen-bond donors (Lipinski definition) is 1. The van der Waals surface area contributed by atoms with Crippen LogP contribution >= 0.6 is 15.9 Å². The second-order valence-corrected chi connectivity index (χ2v) is 7.59. The van der Waals surface area contributed by atoms with Crippen LogP contribution in [0.4, 0.5) is 0 Å². The first-order chi connectivity index (χ1) is 15.1. The Morgan fingerprint density at radius 3 is 2.71 bits per heavy atom. The molecule has 0 aliphatic heterocycles. The zero-order valence-electron chi connectivity index (χ0n) is 16.7. The number of furan rings is 1. The highest BCUT2D eigenvalue weighted by Gasteiger charge is 2.12. The van der Waals surface area contributed by atoms with Crippen LogP contribution in [0, 0.1) is 0 Å². The van der Waals surface area contributed by atoms with E-state index in [1.54, 1.807) is 31.4 Å². The third kappa shape index (κ3) is 5.13. The van der Waals surface area contributed by atoms with Gasteiger partial charge in [0, 0.05) is 9.86 Å². The standard InChI is InChI=1S/C24H19BrN2O4/c1-29-21-9-7-17(11-22(21)30-15-16-5-3-2-4-6-16)14-26-27-24(28)23-13-18-12-19(25)8-10-20(18)31-23/h2-14H,15H2,1H3,(H,27,28)/b26-14+. The Balaban J connectivity index is 1.43. The molecule has 31 heavy (non-hydrogen) atoms. The summed E-state index contributed by atoms with van der Waals surface area (Å²) in [6.07, 6.45) is 1.53. The minimum atomic E-state index is -0.433. The molecule has 0 bridgehead atoms. The highest BCUT2D eigenvalue weighted by atomic mass is 79.9. The van der Waals surface area contributed by atoms with Gasteiger partial charge >= 0.3 is 5.91 Å². The summed E-state index contributed by atoms with van der Waals surface area (Å²) in [4.78, 5) is 12.3. The lowest BCUT2D eigenvalue weighted by Gasteiger charge is -2.11. The molecule has 0 aliphatic carbocycles. The van der Waals surface area contributed by atoms with Gasteiger partial charge in [-0.05, 0) is 53.6 Å². The number of methoxy groups -OCH3 is 1. The number of carbonyl (C=O) groups excluding carboxylic acids is 1. The zero-order chi connectivity index (χ0) is 21.6. The van der Waals surface area contributed by atoms with Gasteiger partial charge in [-0.1, -0.05) is 46.3 Å². The monoisotopic (exact) mass is 478 g/mol. The van der Waals surface area contributed by atoms with Crippen molar-refractivity contribution in [3.8, 4) is 11.5 Å². The molecular formula is C24H19BrN2O4. The molecule has 1 aromatic heterocycles. The summed E-state index contributed by atoms with van der Waals surface area (Å²) in [5.74, 6) is 0.958. The Morgan fingerprint density at radius 1 is 1.06 bits per heavy atom. The normalized spacial score (nSPS) is 11.0. The number of halogens is 1. The van der Waals surface area contributed by atoms with Crippen LogP contribution in [0.25, 0.3) is 11.0 Å². The van der Waals surface area contributed by atoms with Gasteiger partial charge in [0.25, 0.3) is 0 Å². The van der Waals surface area contributed by atoms with Crippen molar-refractivity contribution < 1.29 is 18.7 Å². The maximum Gasteiger partial charge on any atom is 0.307 e. The lowest BCUT2D eigenvalue weighted by atomic mass is 10.2. The molecule has 0 spiro atoms. The number of hydrogen-bond acceptors (Lipinski definition) is 5. The molecule has 1 N–H and O–H groups in total. The topological polar surface area (TPSA) is 73.1 Å². The number of amides is 1. The first kappa shape index (κ1) is 20.7. The number of rotatable bonds is 7. The van der Waals surface area contributed by atoms with Crippen LogP contribution < -0.4 is 14.9 Å². The average molecular weight is 479 g/mol. The molecule has 0 fully saturated rings. The lowest BCUT2D eigenvalue weighted by molar-refractivity contribution is 0.0929. The highest BCUT2D eigenvalue weighted by molar-refractivity contribution is 9.10. The van der Waals surface area contributed by atoms with Crippen molar-refractivity contribution in [1.82, 2.24) is 5.43 Å². The average Bonchev–Trinajstić information content (AvgIpc) is 3.22. The molecular weight excluding hydrogens is 460 g/mol. The van der Waals surface area contributed by atoms with E-state index in [1.165, 1.54) is 6.21 Å². The van der Waals surface area contributed by atoms with Gasteiger partial charge in [-0.3, -0.25) is 4.79 Å². The van der Waals surface area contributed by atoms with Crippen LogP contribution in [0.3, 0.4) is 0 Å². The summed E-state index contributed by atoms with van der Waals surface area (Å²) < 4.78 is 17.8. The summed E-state index contributed by atoms with van der Waals surface area (Å²) in [5.41, 5.74) is 4.91. The van der Waals surface area contributed by atoms with E-state index in [9.17, 15) is 4.79 Å². The molecule has 7 heteroatoms. The van der Waals surface area contributed by atoms with Crippen LogP contribution in [0.5, 0.6) is 11.5 Å². The van der Waals surface area contributed by atoms with Crippen molar-refractivity contribution in [2.24, 2.45) is 5.10 Å². The summed E-state index contributed by atoms with van der Waals surface area (Å²) in [6, 6.07) is 22.5. The minimum Gasteiger partial charge on any atom is -0.493 e. The van der Waals surface area contributed by atoms with E-state index in [4.69, 9.17) is 13.9 Å². The summed E-state index contributed by atoms with van der Waals surface area (Å²) in [5, 5.41) is 4.86. The fraction of sp³-hybridized carbons (Fsp3) is 0.0833. The molecule has 1 amide bonds. The third-order valence-corrected chi connectivity index (χ3v) is 5.00. The smallest absolute Gasteiger partial charge is 0.307 e. The Bertz CT molecular complexity index is 1240. The maximum atomic E-state index is 12.3. The second kappa shape index (κ2) is 9.49. The molecule has 0 saturated carbocycles. The predicted octanol–water partition coefficient (Wildman–Crippen LogP) is 5.55. The van der Waals surface area contributed by atoms with Gasteiger partial charge < -0.3 is 13.9 Å². The van der Waals surface area contributed by atoms with Gasteiger partial charge in [-0.25, -0.2) is 5.43 Å². The van der Waals surface area contributed by atoms with E-state index in [0.29, 0.717) is 23.7 Å². The quantitative estimate of drug-likeness (QED) is 0.279. The van der Waals surface area contributed by atoms with E-state index in [2.05, 4.69) is 26.5 Å². The van der Waals surface area contributed by atoms with Crippen molar-refractivity contribution in [2.45, 2.75) is 6.61 Å². The van der Waals surface area contributed by atoms with E-state index in [1.807, 2.05) is 48.5 Å². The van der Waals surface area contributed by atoms with Gasteiger partial charge in [-0.15, -0.1) is 0 Å². The van der Waals surface area contributed by atoms with Gasteiger partial charge in [-0.2, -0.15) is 5.10 Å². The van der Waals surface area contributed by atoms with Gasteiger partial charge in [0.1, 0.15) is 12.2 Å². The van der Waals surface area contributed by atoms with Crippen molar-refractivity contribution in [3.63, 3.8) is 0 Å². The molecule has 0 atom stereocenters. The van der Waals surface area contributed by atoms with Gasteiger partial charge in [0.2, 0.25) is 0 Å². The minimum absolute atomic E-state index is 0.187. The molecule has 4 aromatic rings. The molecule has 156 valence electrons. The summed E-state index contributed by atoms with van der Waals surface area (Å²) >= 11 is 3.40. The number of carbonyl (C=O) groups is 1. The fourth-order valence-corrected chi connectivity index (χ4v) is 3.35. The number of nitrogens with zero attached hydrogens (tertiary/aromatic N) is 1. The first-order valence-electron chi connectivity index (χ1n) is 9.49. The molecule has 0 saturated heterocycles. The van der Waals surface area contributed by atoms with Crippen LogP contribution in [0.15, 0.2) is 86.8 Å². The van der Waals surface area contributed by atoms with Crippen molar-refractivity contribution in [1.29, 1.82) is 0 Å². The lowest BCUT2D eigenvalue weighted by Crippen LogP contribution is -2.16. The molecule has 4 rings (SSSR count). The molecule has 6 nitrogen and oxygen atoms in total. The number of nitrogens with one attached hydrogen (secondary N) is 1. The summed E-state index contributed by atoms with van der Waals surface area (Å²) in [7, 11) is 1.59. The van der Waals surface area contributed by atoms with E-state index >= 15 is 0 Å². The number of fused-ring (bicyclic) bond motifs is 1. The molecule has 0 radical (unpaired) electrons. The van der Waals surface area contributed by atoms with Crippen molar-refractivity contribution in [3.05, 3.63) is 94.2 Å². The SMILES string of the molecule is COc1ccc(/C=N/NC(=O)c2cc3cc(Br)ccc3o2)cc1OCc1ccccc1. The number of hydrazone groups is 1. The molecule has 0 unspecified atom stereocenters. The molecule has 1 heterocycles. The largest absolute Gasteiger partial charge is 0.493 e. The van der Waals surface area contributed by atoms with Crippen molar-refractivity contribution >= 4 is 39.0 Å². The van der Waals surface area contributed by atoms with Gasteiger partial charge in [0.15, 0.2) is 17.3 Å². The Morgan fingerprint density at radius 2 is 1.90 bits per heavy atom.